The first-order chi connectivity index (χ1) is 15.2. The molecule has 166 valence electrons. The minimum atomic E-state index is -4.55. The molecule has 0 aliphatic rings. The maximum Gasteiger partial charge on any atom is 0.417 e. The predicted molar refractivity (Wildman–Crippen MR) is 118 cm³/mol. The standard InChI is InChI=1S/C22H16ClF3N2O3S/c1-11(32-21-15(23)7-12(10-27-21)22(24,25)26)20(29)28-16-9-18-14(8-19(16)30-2)13-5-3-4-6-17(13)31-18/h3-11H,1-2H3,(H,28,29)/t11-/m0/s1. The van der Waals surface area contributed by atoms with E-state index in [0.29, 0.717) is 28.8 Å². The number of fused-ring (bicyclic) bond motifs is 3. The number of hydrogen-bond acceptors (Lipinski definition) is 5. The van der Waals surface area contributed by atoms with Gasteiger partial charge in [0.05, 0.1) is 28.6 Å². The molecule has 2 aromatic carbocycles. The lowest BCUT2D eigenvalue weighted by atomic mass is 10.1. The summed E-state index contributed by atoms with van der Waals surface area (Å²) >= 11 is 6.90. The number of anilines is 1. The van der Waals surface area contributed by atoms with Gasteiger partial charge in [-0.1, -0.05) is 41.6 Å². The summed E-state index contributed by atoms with van der Waals surface area (Å²) in [5.41, 5.74) is 0.742. The Hall–Kier alpha value is -2.91. The Morgan fingerprint density at radius 3 is 2.62 bits per heavy atom. The van der Waals surface area contributed by atoms with Gasteiger partial charge in [-0.2, -0.15) is 13.2 Å². The fourth-order valence-electron chi connectivity index (χ4n) is 3.14. The molecule has 4 rings (SSSR count). The number of methoxy groups -OCH3 is 1. The van der Waals surface area contributed by atoms with Crippen molar-refractivity contribution in [2.75, 3.05) is 12.4 Å². The molecule has 4 aromatic rings. The number of aromatic nitrogens is 1. The molecule has 0 radical (unpaired) electrons. The van der Waals surface area contributed by atoms with Gasteiger partial charge in [0, 0.05) is 23.0 Å². The van der Waals surface area contributed by atoms with E-state index in [-0.39, 0.29) is 10.0 Å². The fourth-order valence-corrected chi connectivity index (χ4v) is 4.23. The van der Waals surface area contributed by atoms with Crippen molar-refractivity contribution in [1.29, 1.82) is 0 Å². The summed E-state index contributed by atoms with van der Waals surface area (Å²) in [6, 6.07) is 11.8. The molecule has 0 aliphatic carbocycles. The number of carbonyl (C=O) groups is 1. The van der Waals surface area contributed by atoms with E-state index in [0.717, 1.165) is 28.6 Å². The lowest BCUT2D eigenvalue weighted by molar-refractivity contribution is -0.137. The minimum Gasteiger partial charge on any atom is -0.495 e. The normalized spacial score (nSPS) is 12.8. The Bertz CT molecular complexity index is 1320. The molecule has 0 saturated carbocycles. The predicted octanol–water partition coefficient (Wildman–Crippen LogP) is 6.78. The third kappa shape index (κ3) is 4.35. The highest BCUT2D eigenvalue weighted by Crippen LogP contribution is 2.38. The average molecular weight is 481 g/mol. The number of nitrogens with one attached hydrogen (secondary N) is 1. The van der Waals surface area contributed by atoms with Crippen LogP contribution < -0.4 is 10.1 Å². The van der Waals surface area contributed by atoms with E-state index < -0.39 is 22.9 Å². The maximum absolute atomic E-state index is 12.8. The van der Waals surface area contributed by atoms with Crippen molar-refractivity contribution in [3.63, 3.8) is 0 Å². The van der Waals surface area contributed by atoms with E-state index in [1.165, 1.54) is 7.11 Å². The number of pyridine rings is 1. The summed E-state index contributed by atoms with van der Waals surface area (Å²) < 4.78 is 49.7. The Balaban J connectivity index is 1.56. The number of halogens is 4. The van der Waals surface area contributed by atoms with Crippen LogP contribution in [0.25, 0.3) is 21.9 Å². The van der Waals surface area contributed by atoms with Crippen LogP contribution in [0.4, 0.5) is 18.9 Å². The molecule has 2 heterocycles. The molecule has 32 heavy (non-hydrogen) atoms. The van der Waals surface area contributed by atoms with Gasteiger partial charge in [-0.25, -0.2) is 4.98 Å². The first-order valence-electron chi connectivity index (χ1n) is 9.37. The molecule has 0 unspecified atom stereocenters. The van der Waals surface area contributed by atoms with Crippen molar-refractivity contribution in [2.24, 2.45) is 0 Å². The number of amides is 1. The average Bonchev–Trinajstić information content (AvgIpc) is 3.11. The van der Waals surface area contributed by atoms with Crippen molar-refractivity contribution in [3.05, 3.63) is 59.2 Å². The molecular formula is C22H16ClF3N2O3S. The fraction of sp³-hybridized carbons (Fsp3) is 0.182. The zero-order valence-electron chi connectivity index (χ0n) is 16.8. The maximum atomic E-state index is 12.8. The van der Waals surface area contributed by atoms with Gasteiger partial charge < -0.3 is 14.5 Å². The molecule has 10 heteroatoms. The van der Waals surface area contributed by atoms with Gasteiger partial charge in [-0.05, 0) is 25.1 Å². The molecule has 1 atom stereocenters. The number of para-hydroxylation sites is 1. The zero-order chi connectivity index (χ0) is 23.0. The van der Waals surface area contributed by atoms with E-state index in [1.807, 2.05) is 24.3 Å². The molecule has 2 aromatic heterocycles. The first kappa shape index (κ1) is 22.3. The SMILES string of the molecule is COc1cc2c(cc1NC(=O)[C@H](C)Sc1ncc(C(F)(F)F)cc1Cl)oc1ccccc12. The topological polar surface area (TPSA) is 64.4 Å². The zero-order valence-corrected chi connectivity index (χ0v) is 18.4. The number of rotatable bonds is 5. The van der Waals surface area contributed by atoms with E-state index in [1.54, 1.807) is 19.1 Å². The quantitative estimate of drug-likeness (QED) is 0.319. The monoisotopic (exact) mass is 480 g/mol. The summed E-state index contributed by atoms with van der Waals surface area (Å²) in [6.45, 7) is 1.60. The van der Waals surface area contributed by atoms with Crippen LogP contribution in [-0.2, 0) is 11.0 Å². The van der Waals surface area contributed by atoms with Crippen LogP contribution in [0.2, 0.25) is 5.02 Å². The van der Waals surface area contributed by atoms with Crippen molar-refractivity contribution in [1.82, 2.24) is 4.98 Å². The van der Waals surface area contributed by atoms with Gasteiger partial charge in [0.2, 0.25) is 5.91 Å². The molecule has 1 amide bonds. The van der Waals surface area contributed by atoms with E-state index >= 15 is 0 Å². The number of alkyl halides is 3. The molecule has 0 saturated heterocycles. The highest BCUT2D eigenvalue weighted by atomic mass is 35.5. The van der Waals surface area contributed by atoms with Crippen LogP contribution >= 0.6 is 23.4 Å². The van der Waals surface area contributed by atoms with E-state index in [9.17, 15) is 18.0 Å². The lowest BCUT2D eigenvalue weighted by Gasteiger charge is -2.15. The number of ether oxygens (including phenoxy) is 1. The van der Waals surface area contributed by atoms with Crippen molar-refractivity contribution in [2.45, 2.75) is 23.4 Å². The van der Waals surface area contributed by atoms with Crippen LogP contribution in [0.5, 0.6) is 5.75 Å². The second-order valence-electron chi connectivity index (χ2n) is 6.90. The third-order valence-electron chi connectivity index (χ3n) is 4.75. The number of nitrogens with zero attached hydrogens (tertiary/aromatic N) is 1. The second-order valence-corrected chi connectivity index (χ2v) is 8.64. The number of benzene rings is 2. The molecular weight excluding hydrogens is 465 g/mol. The molecule has 1 N–H and O–H groups in total. The van der Waals surface area contributed by atoms with Crippen LogP contribution in [0.15, 0.2) is 58.1 Å². The van der Waals surface area contributed by atoms with Crippen LogP contribution in [0.3, 0.4) is 0 Å². The molecule has 0 spiro atoms. The molecule has 0 bridgehead atoms. The third-order valence-corrected chi connectivity index (χ3v) is 6.27. The van der Waals surface area contributed by atoms with Gasteiger partial charge in [0.15, 0.2) is 0 Å². The molecule has 0 aliphatic heterocycles. The number of furan rings is 1. The summed E-state index contributed by atoms with van der Waals surface area (Å²) in [7, 11) is 1.49. The van der Waals surface area contributed by atoms with Gasteiger partial charge >= 0.3 is 6.18 Å². The van der Waals surface area contributed by atoms with E-state index in [4.69, 9.17) is 20.8 Å². The summed E-state index contributed by atoms with van der Waals surface area (Å²) in [5, 5.41) is 3.80. The van der Waals surface area contributed by atoms with Gasteiger partial charge in [0.1, 0.15) is 21.9 Å². The van der Waals surface area contributed by atoms with Gasteiger partial charge in [-0.15, -0.1) is 0 Å². The minimum absolute atomic E-state index is 0.127. The largest absolute Gasteiger partial charge is 0.495 e. The van der Waals surface area contributed by atoms with Crippen LogP contribution in [0.1, 0.15) is 12.5 Å². The Labute approximate surface area is 189 Å². The Morgan fingerprint density at radius 2 is 1.94 bits per heavy atom. The smallest absolute Gasteiger partial charge is 0.417 e. The molecule has 0 fully saturated rings. The summed E-state index contributed by atoms with van der Waals surface area (Å²) in [4.78, 5) is 16.5. The highest BCUT2D eigenvalue weighted by Gasteiger charge is 2.32. The van der Waals surface area contributed by atoms with Gasteiger partial charge in [-0.3, -0.25) is 4.79 Å². The first-order valence-corrected chi connectivity index (χ1v) is 10.6. The lowest BCUT2D eigenvalue weighted by Crippen LogP contribution is -2.23. The number of thioether (sulfide) groups is 1. The highest BCUT2D eigenvalue weighted by molar-refractivity contribution is 8.00. The second kappa shape index (κ2) is 8.55. The van der Waals surface area contributed by atoms with Crippen molar-refractivity contribution >= 4 is 56.9 Å². The summed E-state index contributed by atoms with van der Waals surface area (Å²) in [6.07, 6.45) is -3.86. The number of carbonyl (C=O) groups excluding carboxylic acids is 1. The van der Waals surface area contributed by atoms with Crippen LogP contribution in [-0.4, -0.2) is 23.3 Å². The molecule has 5 nitrogen and oxygen atoms in total. The summed E-state index contributed by atoms with van der Waals surface area (Å²) in [5.74, 6) is 0.0433. The van der Waals surface area contributed by atoms with Crippen LogP contribution in [0, 0.1) is 0 Å². The Kier molecular flexibility index (Phi) is 5.96. The number of hydrogen-bond donors (Lipinski definition) is 1. The Morgan fingerprint density at radius 1 is 1.19 bits per heavy atom. The van der Waals surface area contributed by atoms with Crippen molar-refractivity contribution in [3.8, 4) is 5.75 Å². The van der Waals surface area contributed by atoms with Crippen molar-refractivity contribution < 1.29 is 27.1 Å². The van der Waals surface area contributed by atoms with Gasteiger partial charge in [0.25, 0.3) is 0 Å². The van der Waals surface area contributed by atoms with E-state index in [2.05, 4.69) is 10.3 Å².